The van der Waals surface area contributed by atoms with E-state index in [2.05, 4.69) is 25.9 Å². The quantitative estimate of drug-likeness (QED) is 0.944. The second-order valence-electron chi connectivity index (χ2n) is 3.53. The number of aromatic amines is 1. The predicted octanol–water partition coefficient (Wildman–Crippen LogP) is 2.78. The van der Waals surface area contributed by atoms with E-state index in [1.807, 2.05) is 18.2 Å². The van der Waals surface area contributed by atoms with E-state index in [1.165, 1.54) is 0 Å². The zero-order chi connectivity index (χ0) is 12.3. The monoisotopic (exact) mass is 296 g/mol. The summed E-state index contributed by atoms with van der Waals surface area (Å²) in [5.74, 6) is 1.60. The molecule has 0 radical (unpaired) electrons. The summed E-state index contributed by atoms with van der Waals surface area (Å²) in [5, 5.41) is 0. The Morgan fingerprint density at radius 2 is 2.12 bits per heavy atom. The number of H-pyrrole nitrogens is 1. The first-order chi connectivity index (χ1) is 8.24. The van der Waals surface area contributed by atoms with Crippen molar-refractivity contribution >= 4 is 15.9 Å². The number of nitrogens with one attached hydrogen (secondary N) is 1. The van der Waals surface area contributed by atoms with Gasteiger partial charge in [0, 0.05) is 18.1 Å². The molecular weight excluding hydrogens is 284 g/mol. The lowest BCUT2D eigenvalue weighted by atomic mass is 10.1. The molecule has 0 unspecified atom stereocenters. The van der Waals surface area contributed by atoms with Crippen LogP contribution in [0.1, 0.15) is 11.3 Å². The maximum atomic E-state index is 5.35. The van der Waals surface area contributed by atoms with E-state index >= 15 is 0 Å². The van der Waals surface area contributed by atoms with Crippen LogP contribution in [0.5, 0.6) is 11.5 Å². The summed E-state index contributed by atoms with van der Waals surface area (Å²) in [6, 6.07) is 5.78. The third kappa shape index (κ3) is 2.61. The minimum absolute atomic E-state index is 0.730. The number of ether oxygens (including phenoxy) is 2. The topological polar surface area (TPSA) is 47.1 Å². The Labute approximate surface area is 108 Å². The van der Waals surface area contributed by atoms with Crippen LogP contribution in [0, 0.1) is 0 Å². The van der Waals surface area contributed by atoms with Gasteiger partial charge in [-0.2, -0.15) is 0 Å². The molecule has 0 saturated heterocycles. The molecule has 5 heteroatoms. The van der Waals surface area contributed by atoms with Crippen molar-refractivity contribution in [2.24, 2.45) is 0 Å². The van der Waals surface area contributed by atoms with Crippen LogP contribution in [0.3, 0.4) is 0 Å². The van der Waals surface area contributed by atoms with Crippen LogP contribution in [0.25, 0.3) is 0 Å². The number of methoxy groups -OCH3 is 2. The molecule has 0 aliphatic carbocycles. The van der Waals surface area contributed by atoms with E-state index in [-0.39, 0.29) is 0 Å². The average Bonchev–Trinajstić information content (AvgIpc) is 2.75. The molecule has 0 fully saturated rings. The third-order valence-electron chi connectivity index (χ3n) is 2.53. The highest BCUT2D eigenvalue weighted by Gasteiger charge is 2.09. The van der Waals surface area contributed by atoms with Gasteiger partial charge in [-0.3, -0.25) is 0 Å². The number of aromatic nitrogens is 2. The van der Waals surface area contributed by atoms with Crippen molar-refractivity contribution in [1.82, 2.24) is 9.97 Å². The fourth-order valence-corrected chi connectivity index (χ4v) is 1.97. The van der Waals surface area contributed by atoms with E-state index in [9.17, 15) is 0 Å². The summed E-state index contributed by atoms with van der Waals surface area (Å²) in [4.78, 5) is 7.19. The van der Waals surface area contributed by atoms with Gasteiger partial charge >= 0.3 is 0 Å². The molecule has 0 bridgehead atoms. The van der Waals surface area contributed by atoms with Crippen LogP contribution >= 0.6 is 15.9 Å². The maximum Gasteiger partial charge on any atom is 0.127 e. The number of hydrogen-bond acceptors (Lipinski definition) is 3. The molecule has 0 amide bonds. The van der Waals surface area contributed by atoms with Crippen LogP contribution < -0.4 is 9.47 Å². The zero-order valence-electron chi connectivity index (χ0n) is 9.66. The summed E-state index contributed by atoms with van der Waals surface area (Å²) >= 11 is 3.39. The molecule has 1 aromatic heterocycles. The number of halogens is 1. The minimum atomic E-state index is 0.730. The molecule has 2 rings (SSSR count). The van der Waals surface area contributed by atoms with Crippen molar-refractivity contribution in [3.63, 3.8) is 0 Å². The first-order valence-electron chi connectivity index (χ1n) is 5.13. The molecule has 0 atom stereocenters. The Morgan fingerprint density at radius 1 is 1.29 bits per heavy atom. The maximum absolute atomic E-state index is 5.35. The average molecular weight is 297 g/mol. The van der Waals surface area contributed by atoms with Gasteiger partial charge in [-0.15, -0.1) is 0 Å². The van der Waals surface area contributed by atoms with Crippen LogP contribution in [-0.4, -0.2) is 24.2 Å². The highest BCUT2D eigenvalue weighted by molar-refractivity contribution is 9.10. The number of nitrogens with zero attached hydrogens (tertiary/aromatic N) is 1. The number of hydrogen-bond donors (Lipinski definition) is 1. The van der Waals surface area contributed by atoms with E-state index in [0.29, 0.717) is 0 Å². The van der Waals surface area contributed by atoms with Gasteiger partial charge in [-0.05, 0) is 22.0 Å². The van der Waals surface area contributed by atoms with Gasteiger partial charge in [-0.1, -0.05) is 6.07 Å². The molecule has 1 N–H and O–H groups in total. The van der Waals surface area contributed by atoms with Crippen molar-refractivity contribution in [3.8, 4) is 11.5 Å². The minimum Gasteiger partial charge on any atom is -0.497 e. The fraction of sp³-hybridized carbons (Fsp3) is 0.250. The third-order valence-corrected chi connectivity index (χ3v) is 3.21. The molecule has 17 heavy (non-hydrogen) atoms. The van der Waals surface area contributed by atoms with Gasteiger partial charge < -0.3 is 14.5 Å². The lowest BCUT2D eigenvalue weighted by molar-refractivity contribution is 0.391. The highest BCUT2D eigenvalue weighted by Crippen LogP contribution is 2.27. The molecule has 0 spiro atoms. The lowest BCUT2D eigenvalue weighted by Crippen LogP contribution is -1.95. The lowest BCUT2D eigenvalue weighted by Gasteiger charge is -2.09. The van der Waals surface area contributed by atoms with Gasteiger partial charge in [0.2, 0.25) is 0 Å². The highest BCUT2D eigenvalue weighted by atomic mass is 79.9. The Hall–Kier alpha value is -1.49. The number of rotatable bonds is 4. The Kier molecular flexibility index (Phi) is 3.68. The second-order valence-corrected chi connectivity index (χ2v) is 4.28. The molecule has 1 heterocycles. The van der Waals surface area contributed by atoms with Crippen molar-refractivity contribution in [3.05, 3.63) is 40.4 Å². The number of imidazole rings is 1. The van der Waals surface area contributed by atoms with Crippen LogP contribution in [-0.2, 0) is 6.42 Å². The van der Waals surface area contributed by atoms with Crippen molar-refractivity contribution < 1.29 is 9.47 Å². The smallest absolute Gasteiger partial charge is 0.127 e. The van der Waals surface area contributed by atoms with Gasteiger partial charge in [0.25, 0.3) is 0 Å². The summed E-state index contributed by atoms with van der Waals surface area (Å²) in [7, 11) is 3.29. The van der Waals surface area contributed by atoms with Crippen LogP contribution in [0.2, 0.25) is 0 Å². The largest absolute Gasteiger partial charge is 0.497 e. The molecule has 1 aromatic carbocycles. The number of benzene rings is 1. The second kappa shape index (κ2) is 5.23. The summed E-state index contributed by atoms with van der Waals surface area (Å²) in [6.07, 6.45) is 2.39. The SMILES string of the molecule is COc1ccc(Cc2[nH]cnc2Br)c(OC)c1. The van der Waals surface area contributed by atoms with Crippen molar-refractivity contribution in [2.75, 3.05) is 14.2 Å². The van der Waals surface area contributed by atoms with E-state index in [0.717, 1.165) is 33.8 Å². The first-order valence-corrected chi connectivity index (χ1v) is 5.92. The predicted molar refractivity (Wildman–Crippen MR) is 68.6 cm³/mol. The molecule has 90 valence electrons. The normalized spacial score (nSPS) is 10.3. The zero-order valence-corrected chi connectivity index (χ0v) is 11.2. The van der Waals surface area contributed by atoms with E-state index < -0.39 is 0 Å². The van der Waals surface area contributed by atoms with Gasteiger partial charge in [0.1, 0.15) is 16.1 Å². The van der Waals surface area contributed by atoms with Gasteiger partial charge in [0.05, 0.1) is 26.2 Å². The Balaban J connectivity index is 2.29. The molecule has 2 aromatic rings. The summed E-state index contributed by atoms with van der Waals surface area (Å²) < 4.78 is 11.3. The Morgan fingerprint density at radius 3 is 2.71 bits per heavy atom. The molecule has 4 nitrogen and oxygen atoms in total. The van der Waals surface area contributed by atoms with Crippen LogP contribution in [0.4, 0.5) is 0 Å². The van der Waals surface area contributed by atoms with Crippen molar-refractivity contribution in [1.29, 1.82) is 0 Å². The summed E-state index contributed by atoms with van der Waals surface area (Å²) in [5.41, 5.74) is 2.10. The van der Waals surface area contributed by atoms with Gasteiger partial charge in [-0.25, -0.2) is 4.98 Å². The molecule has 0 saturated carbocycles. The van der Waals surface area contributed by atoms with Crippen molar-refractivity contribution in [2.45, 2.75) is 6.42 Å². The van der Waals surface area contributed by atoms with E-state index in [4.69, 9.17) is 9.47 Å². The molecule has 0 aliphatic heterocycles. The fourth-order valence-electron chi connectivity index (χ4n) is 1.62. The first kappa shape index (κ1) is 12.0. The Bertz CT molecular complexity index is 511. The standard InChI is InChI=1S/C12H13BrN2O2/c1-16-9-4-3-8(11(6-9)17-2)5-10-12(13)15-7-14-10/h3-4,6-7H,5H2,1-2H3,(H,14,15). The molecular formula is C12H13BrN2O2. The van der Waals surface area contributed by atoms with Gasteiger partial charge in [0.15, 0.2) is 0 Å². The summed E-state index contributed by atoms with van der Waals surface area (Å²) in [6.45, 7) is 0. The van der Waals surface area contributed by atoms with E-state index in [1.54, 1.807) is 20.5 Å². The van der Waals surface area contributed by atoms with Crippen LogP contribution in [0.15, 0.2) is 29.1 Å². The molecule has 0 aliphatic rings.